The van der Waals surface area contributed by atoms with Crippen LogP contribution in [0.4, 0.5) is 4.79 Å². The lowest BCUT2D eigenvalue weighted by Crippen LogP contribution is -2.44. The van der Waals surface area contributed by atoms with Gasteiger partial charge in [-0.1, -0.05) is 0 Å². The van der Waals surface area contributed by atoms with E-state index in [2.05, 4.69) is 16.4 Å². The maximum atomic E-state index is 11.7. The molecule has 0 aromatic carbocycles. The second-order valence-corrected chi connectivity index (χ2v) is 4.41. The minimum atomic E-state index is -0.772. The van der Waals surface area contributed by atoms with Crippen LogP contribution >= 0.6 is 0 Å². The zero-order valence-electron chi connectivity index (χ0n) is 9.32. The van der Waals surface area contributed by atoms with Crippen LogP contribution in [0.3, 0.4) is 0 Å². The van der Waals surface area contributed by atoms with Crippen molar-refractivity contribution < 1.29 is 4.79 Å². The topological polar surface area (TPSA) is 71.9 Å². The molecular weight excluding hydrogens is 204 g/mol. The van der Waals surface area contributed by atoms with Gasteiger partial charge < -0.3 is 15.2 Å². The number of urea groups is 1. The average Bonchev–Trinajstić information content (AvgIpc) is 2.85. The first kappa shape index (κ1) is 10.6. The van der Waals surface area contributed by atoms with E-state index in [-0.39, 0.29) is 12.1 Å². The maximum absolute atomic E-state index is 11.7. The third kappa shape index (κ3) is 1.63. The lowest BCUT2D eigenvalue weighted by Gasteiger charge is -2.27. The summed E-state index contributed by atoms with van der Waals surface area (Å²) in [5, 5.41) is 11.9. The zero-order chi connectivity index (χ0) is 11.8. The molecular formula is C11H14N4O. The summed E-state index contributed by atoms with van der Waals surface area (Å²) in [4.78, 5) is 16.4. The zero-order valence-corrected chi connectivity index (χ0v) is 9.32. The van der Waals surface area contributed by atoms with Crippen LogP contribution in [0.5, 0.6) is 0 Å². The number of nitrogens with one attached hydrogen (secondary N) is 2. The highest BCUT2D eigenvalue weighted by Crippen LogP contribution is 2.24. The largest absolute Gasteiger partial charge is 0.363 e. The normalized spacial score (nSPS) is 20.7. The third-order valence-corrected chi connectivity index (χ3v) is 2.85. The van der Waals surface area contributed by atoms with Crippen LogP contribution in [0.25, 0.3) is 0 Å². The summed E-state index contributed by atoms with van der Waals surface area (Å²) in [7, 11) is 0. The fourth-order valence-electron chi connectivity index (χ4n) is 1.82. The highest BCUT2D eigenvalue weighted by atomic mass is 16.2. The third-order valence-electron chi connectivity index (χ3n) is 2.85. The van der Waals surface area contributed by atoms with Crippen molar-refractivity contribution in [3.63, 3.8) is 0 Å². The molecule has 0 radical (unpaired) electrons. The van der Waals surface area contributed by atoms with E-state index in [1.54, 1.807) is 18.7 Å². The highest BCUT2D eigenvalue weighted by Gasteiger charge is 2.39. The lowest BCUT2D eigenvalue weighted by atomic mass is 10.1. The molecule has 16 heavy (non-hydrogen) atoms. The predicted octanol–water partition coefficient (Wildman–Crippen LogP) is 1.38. The highest BCUT2D eigenvalue weighted by molar-refractivity contribution is 5.78. The second kappa shape index (κ2) is 3.56. The Balaban J connectivity index is 2.18. The van der Waals surface area contributed by atoms with Gasteiger partial charge in [0.15, 0.2) is 0 Å². The molecule has 1 atom stereocenters. The molecule has 1 aromatic rings. The standard InChI is InChI=1S/C11H14N4O/c1-11(2,7-12)15-6-9(14-10(15)16)8-4-3-5-13-8/h3-5,9,13H,6H2,1-2H3,(H,14,16). The first-order chi connectivity index (χ1) is 7.54. The van der Waals surface area contributed by atoms with Crippen LogP contribution in [0.15, 0.2) is 18.3 Å². The van der Waals surface area contributed by atoms with Gasteiger partial charge in [0.2, 0.25) is 0 Å². The summed E-state index contributed by atoms with van der Waals surface area (Å²) in [5.41, 5.74) is 0.190. The Morgan fingerprint density at radius 3 is 2.94 bits per heavy atom. The van der Waals surface area contributed by atoms with Crippen LogP contribution in [-0.4, -0.2) is 28.0 Å². The van der Waals surface area contributed by atoms with Gasteiger partial charge >= 0.3 is 6.03 Å². The van der Waals surface area contributed by atoms with Gasteiger partial charge in [0, 0.05) is 18.4 Å². The number of carbonyl (C=O) groups excluding carboxylic acids is 1. The van der Waals surface area contributed by atoms with Crippen LogP contribution in [0, 0.1) is 11.3 Å². The van der Waals surface area contributed by atoms with E-state index < -0.39 is 5.54 Å². The molecule has 1 fully saturated rings. The summed E-state index contributed by atoms with van der Waals surface area (Å²) in [5.74, 6) is 0. The van der Waals surface area contributed by atoms with Crippen molar-refractivity contribution in [2.75, 3.05) is 6.54 Å². The number of amides is 2. The van der Waals surface area contributed by atoms with Crippen LogP contribution in [-0.2, 0) is 0 Å². The van der Waals surface area contributed by atoms with Crippen molar-refractivity contribution in [2.24, 2.45) is 0 Å². The van der Waals surface area contributed by atoms with E-state index in [1.807, 2.05) is 18.3 Å². The molecule has 0 spiro atoms. The van der Waals surface area contributed by atoms with Gasteiger partial charge in [0.1, 0.15) is 5.54 Å². The van der Waals surface area contributed by atoms with Crippen LogP contribution in [0.2, 0.25) is 0 Å². The van der Waals surface area contributed by atoms with Crippen LogP contribution < -0.4 is 5.32 Å². The number of rotatable bonds is 2. The van der Waals surface area contributed by atoms with Crippen molar-refractivity contribution in [1.29, 1.82) is 5.26 Å². The fourth-order valence-corrected chi connectivity index (χ4v) is 1.82. The number of H-pyrrole nitrogens is 1. The quantitative estimate of drug-likeness (QED) is 0.787. The number of hydrogen-bond donors (Lipinski definition) is 2. The minimum Gasteiger partial charge on any atom is -0.363 e. The molecule has 5 nitrogen and oxygen atoms in total. The number of hydrogen-bond acceptors (Lipinski definition) is 2. The SMILES string of the molecule is CC(C)(C#N)N1CC(c2ccc[nH]2)NC1=O. The van der Waals surface area contributed by atoms with E-state index in [1.165, 1.54) is 0 Å². The first-order valence-corrected chi connectivity index (χ1v) is 5.17. The monoisotopic (exact) mass is 218 g/mol. The Morgan fingerprint density at radius 2 is 2.38 bits per heavy atom. The smallest absolute Gasteiger partial charge is 0.319 e. The van der Waals surface area contributed by atoms with E-state index in [0.717, 1.165) is 5.69 Å². The number of aromatic amines is 1. The molecule has 1 aliphatic rings. The Labute approximate surface area is 94.1 Å². The average molecular weight is 218 g/mol. The van der Waals surface area contributed by atoms with E-state index in [4.69, 9.17) is 5.26 Å². The maximum Gasteiger partial charge on any atom is 0.319 e. The summed E-state index contributed by atoms with van der Waals surface area (Å²) in [6, 6.07) is 5.70. The van der Waals surface area contributed by atoms with Gasteiger partial charge in [-0.3, -0.25) is 0 Å². The van der Waals surface area contributed by atoms with Crippen LogP contribution in [0.1, 0.15) is 25.6 Å². The van der Waals surface area contributed by atoms with Gasteiger partial charge in [-0.2, -0.15) is 5.26 Å². The van der Waals surface area contributed by atoms with Gasteiger partial charge in [-0.05, 0) is 26.0 Å². The number of carbonyl (C=O) groups is 1. The Hall–Kier alpha value is -1.96. The molecule has 0 aliphatic carbocycles. The fraction of sp³-hybridized carbons (Fsp3) is 0.455. The lowest BCUT2D eigenvalue weighted by molar-refractivity contribution is 0.186. The minimum absolute atomic E-state index is 0.0601. The summed E-state index contributed by atoms with van der Waals surface area (Å²) in [6.45, 7) is 3.99. The van der Waals surface area contributed by atoms with Crippen molar-refractivity contribution >= 4 is 6.03 Å². The predicted molar refractivity (Wildman–Crippen MR) is 58.5 cm³/mol. The number of nitriles is 1. The number of nitrogens with zero attached hydrogens (tertiary/aromatic N) is 2. The summed E-state index contributed by atoms with van der Waals surface area (Å²) in [6.07, 6.45) is 1.82. The molecule has 84 valence electrons. The van der Waals surface area contributed by atoms with Crippen molar-refractivity contribution in [2.45, 2.75) is 25.4 Å². The Kier molecular flexibility index (Phi) is 2.35. The molecule has 2 N–H and O–H groups in total. The van der Waals surface area contributed by atoms with E-state index >= 15 is 0 Å². The molecule has 0 saturated carbocycles. The van der Waals surface area contributed by atoms with E-state index in [0.29, 0.717) is 6.54 Å². The van der Waals surface area contributed by atoms with E-state index in [9.17, 15) is 4.79 Å². The molecule has 1 saturated heterocycles. The molecule has 5 heteroatoms. The summed E-state index contributed by atoms with van der Waals surface area (Å²) < 4.78 is 0. The molecule has 1 aromatic heterocycles. The molecule has 2 amide bonds. The van der Waals surface area contributed by atoms with Gasteiger partial charge in [0.25, 0.3) is 0 Å². The van der Waals surface area contributed by atoms with Crippen molar-refractivity contribution in [3.8, 4) is 6.07 Å². The molecule has 2 rings (SSSR count). The Morgan fingerprint density at radius 1 is 1.62 bits per heavy atom. The van der Waals surface area contributed by atoms with Crippen molar-refractivity contribution in [3.05, 3.63) is 24.0 Å². The molecule has 1 aliphatic heterocycles. The first-order valence-electron chi connectivity index (χ1n) is 5.17. The molecule has 2 heterocycles. The number of aromatic nitrogens is 1. The van der Waals surface area contributed by atoms with Crippen molar-refractivity contribution in [1.82, 2.24) is 15.2 Å². The van der Waals surface area contributed by atoms with Gasteiger partial charge in [0.05, 0.1) is 12.1 Å². The van der Waals surface area contributed by atoms with Gasteiger partial charge in [-0.25, -0.2) is 4.79 Å². The Bertz CT molecular complexity index is 429. The van der Waals surface area contributed by atoms with Gasteiger partial charge in [-0.15, -0.1) is 0 Å². The molecule has 1 unspecified atom stereocenters. The molecule has 0 bridgehead atoms. The second-order valence-electron chi connectivity index (χ2n) is 4.41. The summed E-state index contributed by atoms with van der Waals surface area (Å²) >= 11 is 0.